The first kappa shape index (κ1) is 19.1. The number of benzene rings is 2. The number of aryl methyl sites for hydroxylation is 1. The molecule has 4 nitrogen and oxygen atoms in total. The first-order valence-electron chi connectivity index (χ1n) is 8.53. The molecule has 0 saturated carbocycles. The van der Waals surface area contributed by atoms with Gasteiger partial charge in [-0.3, -0.25) is 4.99 Å². The van der Waals surface area contributed by atoms with E-state index < -0.39 is 9.84 Å². The number of nitrogens with zero attached hydrogens (tertiary/aromatic N) is 2. The molecule has 2 unspecified atom stereocenters. The lowest BCUT2D eigenvalue weighted by molar-refractivity contribution is 0.601. The smallest absolute Gasteiger partial charge is 0.164 e. The van der Waals surface area contributed by atoms with Crippen molar-refractivity contribution >= 4 is 55.7 Å². The number of rotatable bonds is 3. The molecule has 0 bridgehead atoms. The van der Waals surface area contributed by atoms with Crippen molar-refractivity contribution in [3.8, 4) is 0 Å². The average molecular weight is 441 g/mol. The molecule has 2 aromatic carbocycles. The Bertz CT molecular complexity index is 1010. The van der Waals surface area contributed by atoms with Gasteiger partial charge in [0.2, 0.25) is 0 Å². The second-order valence-electron chi connectivity index (χ2n) is 6.85. The fourth-order valence-corrected chi connectivity index (χ4v) is 6.95. The maximum absolute atomic E-state index is 12.1. The highest BCUT2D eigenvalue weighted by Crippen LogP contribution is 2.36. The van der Waals surface area contributed by atoms with Crippen LogP contribution in [0.2, 0.25) is 10.0 Å². The van der Waals surface area contributed by atoms with E-state index in [2.05, 4.69) is 4.90 Å². The van der Waals surface area contributed by atoms with Crippen molar-refractivity contribution in [1.82, 2.24) is 0 Å². The Balaban J connectivity index is 1.61. The molecule has 2 aliphatic rings. The summed E-state index contributed by atoms with van der Waals surface area (Å²) in [7, 11) is -3.05. The van der Waals surface area contributed by atoms with Crippen molar-refractivity contribution < 1.29 is 8.42 Å². The second kappa shape index (κ2) is 7.32. The van der Waals surface area contributed by atoms with Crippen LogP contribution in [0.1, 0.15) is 11.1 Å². The van der Waals surface area contributed by atoms with Gasteiger partial charge in [0.1, 0.15) is 0 Å². The molecule has 27 heavy (non-hydrogen) atoms. The van der Waals surface area contributed by atoms with Crippen molar-refractivity contribution in [2.45, 2.75) is 24.8 Å². The molecule has 2 aliphatic heterocycles. The highest BCUT2D eigenvalue weighted by molar-refractivity contribution is 8.13. The van der Waals surface area contributed by atoms with E-state index in [-0.39, 0.29) is 23.6 Å². The molecule has 1 fully saturated rings. The molecule has 0 amide bonds. The Morgan fingerprint density at radius 1 is 1.15 bits per heavy atom. The number of fused-ring (bicyclic) bond motifs is 1. The van der Waals surface area contributed by atoms with Gasteiger partial charge in [-0.2, -0.15) is 0 Å². The molecular weight excluding hydrogens is 423 g/mol. The number of thioether (sulfide) groups is 1. The Hall–Kier alpha value is -1.21. The van der Waals surface area contributed by atoms with Gasteiger partial charge in [0.25, 0.3) is 0 Å². The summed E-state index contributed by atoms with van der Waals surface area (Å²) in [6, 6.07) is 13.2. The minimum absolute atomic E-state index is 0.117. The van der Waals surface area contributed by atoms with Crippen LogP contribution in [-0.4, -0.2) is 37.2 Å². The molecule has 1 saturated heterocycles. The van der Waals surface area contributed by atoms with Crippen LogP contribution in [0, 0.1) is 6.92 Å². The van der Waals surface area contributed by atoms with Gasteiger partial charge in [0.05, 0.1) is 23.6 Å². The van der Waals surface area contributed by atoms with Crippen LogP contribution in [0.4, 0.5) is 5.69 Å². The maximum Gasteiger partial charge on any atom is 0.164 e. The third kappa shape index (κ3) is 3.99. The van der Waals surface area contributed by atoms with E-state index in [0.29, 0.717) is 15.8 Å². The molecule has 0 N–H and O–H groups in total. The number of halogens is 2. The Kier molecular flexibility index (Phi) is 5.18. The fraction of sp³-hybridized carbons (Fsp3) is 0.316. The fourth-order valence-electron chi connectivity index (χ4n) is 3.42. The summed E-state index contributed by atoms with van der Waals surface area (Å²) in [4.78, 5) is 6.82. The lowest BCUT2D eigenvalue weighted by Crippen LogP contribution is -2.39. The molecular formula is C19H18Cl2N2O2S2. The van der Waals surface area contributed by atoms with Crippen molar-refractivity contribution in [3.05, 3.63) is 63.6 Å². The molecule has 8 heteroatoms. The minimum Gasteiger partial charge on any atom is -0.315 e. The Morgan fingerprint density at radius 3 is 2.59 bits per heavy atom. The Morgan fingerprint density at radius 2 is 1.89 bits per heavy atom. The average Bonchev–Trinajstić information content (AvgIpc) is 3.06. The van der Waals surface area contributed by atoms with Gasteiger partial charge in [-0.25, -0.2) is 8.42 Å². The third-order valence-electron chi connectivity index (χ3n) is 4.79. The second-order valence-corrected chi connectivity index (χ2v) is 10.8. The van der Waals surface area contributed by atoms with Gasteiger partial charge in [-0.15, -0.1) is 0 Å². The molecule has 0 spiro atoms. The first-order chi connectivity index (χ1) is 12.8. The molecule has 4 rings (SSSR count). The molecule has 0 radical (unpaired) electrons. The number of hydrogen-bond acceptors (Lipinski definition) is 5. The highest BCUT2D eigenvalue weighted by atomic mass is 35.5. The summed E-state index contributed by atoms with van der Waals surface area (Å²) in [5, 5.41) is 2.07. The Labute approximate surface area is 173 Å². The van der Waals surface area contributed by atoms with Crippen LogP contribution in [0.5, 0.6) is 0 Å². The summed E-state index contributed by atoms with van der Waals surface area (Å²) in [5.41, 5.74) is 3.11. The number of hydrogen-bond donors (Lipinski definition) is 0. The number of sulfone groups is 1. The lowest BCUT2D eigenvalue weighted by atomic mass is 10.1. The first-order valence-corrected chi connectivity index (χ1v) is 12.1. The van der Waals surface area contributed by atoms with E-state index in [1.165, 1.54) is 0 Å². The molecule has 2 heterocycles. The maximum atomic E-state index is 12.1. The summed E-state index contributed by atoms with van der Waals surface area (Å²) in [6.45, 7) is 2.03. The van der Waals surface area contributed by atoms with E-state index >= 15 is 0 Å². The normalized spacial score (nSPS) is 23.4. The highest BCUT2D eigenvalue weighted by Gasteiger charge is 2.47. The zero-order valence-electron chi connectivity index (χ0n) is 14.6. The van der Waals surface area contributed by atoms with Gasteiger partial charge in [0, 0.05) is 21.5 Å². The van der Waals surface area contributed by atoms with Gasteiger partial charge in [-0.05, 0) is 36.8 Å². The third-order valence-corrected chi connectivity index (χ3v) is 8.09. The molecule has 142 valence electrons. The van der Waals surface area contributed by atoms with Gasteiger partial charge < -0.3 is 4.90 Å². The quantitative estimate of drug-likeness (QED) is 0.700. The lowest BCUT2D eigenvalue weighted by Gasteiger charge is -2.26. The topological polar surface area (TPSA) is 49.7 Å². The van der Waals surface area contributed by atoms with E-state index in [4.69, 9.17) is 28.2 Å². The standard InChI is InChI=1S/C19H18Cl2N2O2S2/c1-12-2-6-15(7-3-12)23-18-11-27(24,25)10-17(18)22-19(23)26-9-13-4-5-14(20)8-16(13)21/h2-8,17-18H,9-11H2,1H3. The van der Waals surface area contributed by atoms with Gasteiger partial charge in [0.15, 0.2) is 15.0 Å². The number of aliphatic imine (C=N–C) groups is 1. The van der Waals surface area contributed by atoms with Crippen LogP contribution in [0.3, 0.4) is 0 Å². The zero-order chi connectivity index (χ0) is 19.2. The van der Waals surface area contributed by atoms with Crippen LogP contribution < -0.4 is 4.90 Å². The van der Waals surface area contributed by atoms with E-state index in [1.807, 2.05) is 43.3 Å². The summed E-state index contributed by atoms with van der Waals surface area (Å²) >= 11 is 13.8. The zero-order valence-corrected chi connectivity index (χ0v) is 17.7. The van der Waals surface area contributed by atoms with Crippen molar-refractivity contribution in [3.63, 3.8) is 0 Å². The number of amidine groups is 1. The molecule has 0 aromatic heterocycles. The summed E-state index contributed by atoms with van der Waals surface area (Å²) < 4.78 is 24.2. The predicted molar refractivity (Wildman–Crippen MR) is 115 cm³/mol. The molecule has 2 atom stereocenters. The van der Waals surface area contributed by atoms with Crippen LogP contribution in [-0.2, 0) is 15.6 Å². The minimum atomic E-state index is -3.05. The van der Waals surface area contributed by atoms with Crippen LogP contribution >= 0.6 is 35.0 Å². The van der Waals surface area contributed by atoms with Gasteiger partial charge >= 0.3 is 0 Å². The van der Waals surface area contributed by atoms with Gasteiger partial charge in [-0.1, -0.05) is 58.7 Å². The monoisotopic (exact) mass is 440 g/mol. The molecule has 0 aliphatic carbocycles. The predicted octanol–water partition coefficient (Wildman–Crippen LogP) is 4.58. The SMILES string of the molecule is Cc1ccc(N2C(SCc3ccc(Cl)cc3Cl)=NC3CS(=O)(=O)CC32)cc1. The van der Waals surface area contributed by atoms with E-state index in [1.54, 1.807) is 17.8 Å². The summed E-state index contributed by atoms with van der Waals surface area (Å²) in [5.74, 6) is 0.899. The largest absolute Gasteiger partial charge is 0.315 e. The van der Waals surface area contributed by atoms with E-state index in [9.17, 15) is 8.42 Å². The van der Waals surface area contributed by atoms with Crippen molar-refractivity contribution in [1.29, 1.82) is 0 Å². The summed E-state index contributed by atoms with van der Waals surface area (Å²) in [6.07, 6.45) is 0. The van der Waals surface area contributed by atoms with Crippen LogP contribution in [0.25, 0.3) is 0 Å². The van der Waals surface area contributed by atoms with Crippen LogP contribution in [0.15, 0.2) is 47.5 Å². The number of anilines is 1. The van der Waals surface area contributed by atoms with E-state index in [0.717, 1.165) is 22.0 Å². The van der Waals surface area contributed by atoms with Crippen molar-refractivity contribution in [2.75, 3.05) is 16.4 Å². The van der Waals surface area contributed by atoms with Crippen molar-refractivity contribution in [2.24, 2.45) is 4.99 Å². The molecule has 2 aromatic rings.